The number of ether oxygens (including phenoxy) is 1. The highest BCUT2D eigenvalue weighted by Crippen LogP contribution is 2.13. The van der Waals surface area contributed by atoms with Crippen LogP contribution >= 0.6 is 0 Å². The van der Waals surface area contributed by atoms with Crippen LogP contribution in [0.3, 0.4) is 0 Å². The first kappa shape index (κ1) is 14.3. The maximum Gasteiger partial charge on any atom is 0.244 e. The smallest absolute Gasteiger partial charge is 0.244 e. The van der Waals surface area contributed by atoms with Crippen molar-refractivity contribution < 1.29 is 4.74 Å². The molecule has 1 aromatic rings. The Kier molecular flexibility index (Phi) is 4.76. The fraction of sp³-hybridized carbons (Fsp3) is 0.846. The van der Waals surface area contributed by atoms with Crippen LogP contribution < -0.4 is 10.2 Å². The summed E-state index contributed by atoms with van der Waals surface area (Å²) in [5, 5.41) is 10.9. The third kappa shape index (κ3) is 3.91. The van der Waals surface area contributed by atoms with Gasteiger partial charge in [-0.3, -0.25) is 5.10 Å². The quantitative estimate of drug-likeness (QED) is 0.832. The van der Waals surface area contributed by atoms with Crippen LogP contribution in [0.1, 0.15) is 33.0 Å². The number of methoxy groups -OCH3 is 1. The summed E-state index contributed by atoms with van der Waals surface area (Å²) in [6, 6.07) is 0.943. The van der Waals surface area contributed by atoms with E-state index in [0.29, 0.717) is 12.1 Å². The Morgan fingerprint density at radius 1 is 1.37 bits per heavy atom. The first-order valence-electron chi connectivity index (χ1n) is 7.03. The second-order valence-corrected chi connectivity index (χ2v) is 5.54. The monoisotopic (exact) mass is 267 g/mol. The number of nitrogens with zero attached hydrogens (tertiary/aromatic N) is 3. The first-order chi connectivity index (χ1) is 9.08. The van der Waals surface area contributed by atoms with Crippen LogP contribution in [0.15, 0.2) is 0 Å². The molecule has 1 aliphatic rings. The zero-order valence-electron chi connectivity index (χ0n) is 12.3. The van der Waals surface area contributed by atoms with E-state index in [2.05, 4.69) is 46.2 Å². The Morgan fingerprint density at radius 3 is 2.68 bits per heavy atom. The highest BCUT2D eigenvalue weighted by Gasteiger charge is 2.23. The van der Waals surface area contributed by atoms with Gasteiger partial charge in [-0.2, -0.15) is 4.98 Å². The molecule has 0 radical (unpaired) electrons. The van der Waals surface area contributed by atoms with Gasteiger partial charge >= 0.3 is 0 Å². The number of hydrogen-bond donors (Lipinski definition) is 2. The molecule has 2 heterocycles. The predicted molar refractivity (Wildman–Crippen MR) is 75.4 cm³/mol. The van der Waals surface area contributed by atoms with Gasteiger partial charge < -0.3 is 15.0 Å². The number of aryl methyl sites for hydroxylation is 1. The van der Waals surface area contributed by atoms with Crippen molar-refractivity contribution in [2.45, 2.75) is 51.8 Å². The van der Waals surface area contributed by atoms with Crippen LogP contribution in [-0.2, 0) is 11.2 Å². The van der Waals surface area contributed by atoms with Gasteiger partial charge in [0.2, 0.25) is 5.95 Å². The van der Waals surface area contributed by atoms with Gasteiger partial charge in [-0.1, -0.05) is 0 Å². The van der Waals surface area contributed by atoms with Crippen LogP contribution in [0.5, 0.6) is 0 Å². The maximum atomic E-state index is 5.24. The van der Waals surface area contributed by atoms with Gasteiger partial charge in [0.15, 0.2) is 0 Å². The van der Waals surface area contributed by atoms with Gasteiger partial charge in [0.1, 0.15) is 5.82 Å². The van der Waals surface area contributed by atoms with Crippen molar-refractivity contribution in [3.63, 3.8) is 0 Å². The lowest BCUT2D eigenvalue weighted by Crippen LogP contribution is -2.54. The molecule has 0 saturated carbocycles. The number of aromatic nitrogens is 3. The normalized spacial score (nSPS) is 25.6. The summed E-state index contributed by atoms with van der Waals surface area (Å²) in [4.78, 5) is 6.83. The van der Waals surface area contributed by atoms with E-state index in [1.54, 1.807) is 7.11 Å². The topological polar surface area (TPSA) is 66.1 Å². The molecule has 2 N–H and O–H groups in total. The molecule has 2 rings (SSSR count). The lowest BCUT2D eigenvalue weighted by molar-refractivity contribution is 0.111. The molecule has 1 aromatic heterocycles. The zero-order valence-corrected chi connectivity index (χ0v) is 12.3. The maximum absolute atomic E-state index is 5.24. The molecule has 0 amide bonds. The van der Waals surface area contributed by atoms with Gasteiger partial charge in [-0.05, 0) is 27.2 Å². The molecule has 1 fully saturated rings. The van der Waals surface area contributed by atoms with E-state index in [4.69, 9.17) is 4.74 Å². The van der Waals surface area contributed by atoms with Crippen molar-refractivity contribution in [2.24, 2.45) is 0 Å². The molecule has 1 saturated heterocycles. The third-order valence-electron chi connectivity index (χ3n) is 3.55. The summed E-state index contributed by atoms with van der Waals surface area (Å²) in [6.45, 7) is 8.36. The number of hydrogen-bond acceptors (Lipinski definition) is 5. The zero-order chi connectivity index (χ0) is 13.8. The highest BCUT2D eigenvalue weighted by molar-refractivity contribution is 5.30. The number of anilines is 1. The number of H-pyrrole nitrogens is 1. The minimum atomic E-state index is 0.257. The van der Waals surface area contributed by atoms with E-state index < -0.39 is 0 Å². The second-order valence-electron chi connectivity index (χ2n) is 5.54. The van der Waals surface area contributed by atoms with E-state index in [1.165, 1.54) is 0 Å². The minimum Gasteiger partial charge on any atom is -0.382 e. The van der Waals surface area contributed by atoms with Gasteiger partial charge in [-0.25, -0.2) is 0 Å². The van der Waals surface area contributed by atoms with Gasteiger partial charge in [-0.15, -0.1) is 5.10 Å². The van der Waals surface area contributed by atoms with Crippen molar-refractivity contribution >= 4 is 5.95 Å². The standard InChI is InChI=1S/C13H25N5O/c1-9-7-18(8-10(2)14-9)13-15-12(16-17-13)6-5-11(3)19-4/h9-11,14H,5-8H2,1-4H3,(H,15,16,17). The highest BCUT2D eigenvalue weighted by atomic mass is 16.5. The second kappa shape index (κ2) is 6.34. The molecule has 6 heteroatoms. The number of nitrogens with one attached hydrogen (secondary N) is 2. The predicted octanol–water partition coefficient (Wildman–Crippen LogP) is 0.959. The molecular weight excluding hydrogens is 242 g/mol. The number of aromatic amines is 1. The molecule has 3 unspecified atom stereocenters. The minimum absolute atomic E-state index is 0.257. The molecule has 0 aromatic carbocycles. The third-order valence-corrected chi connectivity index (χ3v) is 3.55. The number of piperazine rings is 1. The van der Waals surface area contributed by atoms with E-state index >= 15 is 0 Å². The van der Waals surface area contributed by atoms with Crippen LogP contribution in [-0.4, -0.2) is 53.6 Å². The summed E-state index contributed by atoms with van der Waals surface area (Å²) in [7, 11) is 1.74. The lowest BCUT2D eigenvalue weighted by Gasteiger charge is -2.35. The fourth-order valence-corrected chi connectivity index (χ4v) is 2.49. The Bertz CT molecular complexity index is 384. The number of rotatable bonds is 5. The Balaban J connectivity index is 1.92. The largest absolute Gasteiger partial charge is 0.382 e. The Morgan fingerprint density at radius 2 is 2.05 bits per heavy atom. The van der Waals surface area contributed by atoms with Gasteiger partial charge in [0.05, 0.1) is 6.10 Å². The molecular formula is C13H25N5O. The SMILES string of the molecule is COC(C)CCc1nc(N2CC(C)NC(C)C2)n[nH]1. The van der Waals surface area contributed by atoms with Crippen molar-refractivity contribution in [1.29, 1.82) is 0 Å². The van der Waals surface area contributed by atoms with Gasteiger partial charge in [0.25, 0.3) is 0 Å². The average Bonchev–Trinajstić information content (AvgIpc) is 2.83. The molecule has 0 spiro atoms. The van der Waals surface area contributed by atoms with Crippen LogP contribution in [0.2, 0.25) is 0 Å². The van der Waals surface area contributed by atoms with E-state index in [-0.39, 0.29) is 6.10 Å². The van der Waals surface area contributed by atoms with Crippen LogP contribution in [0.4, 0.5) is 5.95 Å². The molecule has 6 nitrogen and oxygen atoms in total. The van der Waals surface area contributed by atoms with E-state index in [1.807, 2.05) is 0 Å². The average molecular weight is 267 g/mol. The Labute approximate surface area is 114 Å². The summed E-state index contributed by atoms with van der Waals surface area (Å²) in [6.07, 6.45) is 2.09. The van der Waals surface area contributed by atoms with E-state index in [0.717, 1.165) is 37.7 Å². The molecule has 3 atom stereocenters. The first-order valence-corrected chi connectivity index (χ1v) is 7.03. The summed E-state index contributed by atoms with van der Waals surface area (Å²) in [5.74, 6) is 1.76. The molecule has 1 aliphatic heterocycles. The van der Waals surface area contributed by atoms with Crippen molar-refractivity contribution in [3.8, 4) is 0 Å². The van der Waals surface area contributed by atoms with Crippen LogP contribution in [0.25, 0.3) is 0 Å². The molecule has 19 heavy (non-hydrogen) atoms. The molecule has 0 bridgehead atoms. The van der Waals surface area contributed by atoms with Crippen molar-refractivity contribution in [1.82, 2.24) is 20.5 Å². The van der Waals surface area contributed by atoms with Crippen LogP contribution in [0, 0.1) is 0 Å². The summed E-state index contributed by atoms with van der Waals surface area (Å²) < 4.78 is 5.24. The summed E-state index contributed by atoms with van der Waals surface area (Å²) in [5.41, 5.74) is 0. The lowest BCUT2D eigenvalue weighted by atomic mass is 10.1. The van der Waals surface area contributed by atoms with E-state index in [9.17, 15) is 0 Å². The Hall–Kier alpha value is -1.14. The summed E-state index contributed by atoms with van der Waals surface area (Å²) >= 11 is 0. The molecule has 0 aliphatic carbocycles. The molecule has 108 valence electrons. The van der Waals surface area contributed by atoms with Crippen molar-refractivity contribution in [2.75, 3.05) is 25.1 Å². The van der Waals surface area contributed by atoms with Crippen molar-refractivity contribution in [3.05, 3.63) is 5.82 Å². The fourth-order valence-electron chi connectivity index (χ4n) is 2.49. The van der Waals surface area contributed by atoms with Gasteiger partial charge in [0, 0.05) is 38.7 Å².